The minimum Gasteiger partial charge on any atom is -0.381 e. The maximum atomic E-state index is 12.4. The van der Waals surface area contributed by atoms with Crippen molar-refractivity contribution in [3.05, 3.63) is 17.0 Å². The van der Waals surface area contributed by atoms with Crippen LogP contribution in [-0.4, -0.2) is 42.8 Å². The number of rotatable bonds is 5. The smallest absolute Gasteiger partial charge is 0.273 e. The van der Waals surface area contributed by atoms with E-state index < -0.39 is 0 Å². The fraction of sp³-hybridized carbons (Fsp3) is 0.722. The first kappa shape index (κ1) is 16.6. The number of nitrogens with zero attached hydrogens (tertiary/aromatic N) is 1. The molecule has 136 valence electrons. The predicted molar refractivity (Wildman–Crippen MR) is 89.1 cm³/mol. The molecule has 2 fully saturated rings. The van der Waals surface area contributed by atoms with E-state index in [1.807, 2.05) is 0 Å². The fourth-order valence-corrected chi connectivity index (χ4v) is 3.63. The maximum absolute atomic E-state index is 12.4. The lowest BCUT2D eigenvalue weighted by molar-refractivity contribution is -0.128. The third kappa shape index (κ3) is 3.86. The SMILES string of the molecule is O=C(NCC1CC1)c1noc2c1CC(NC(=O)C1CCOCC1)CC2. The molecule has 1 atom stereocenters. The first-order valence-corrected chi connectivity index (χ1v) is 9.34. The van der Waals surface area contributed by atoms with E-state index in [1.54, 1.807) is 0 Å². The molecule has 7 nitrogen and oxygen atoms in total. The second-order valence-corrected chi connectivity index (χ2v) is 7.42. The number of aromatic nitrogens is 1. The average Bonchev–Trinajstić information content (AvgIpc) is 3.38. The van der Waals surface area contributed by atoms with Crippen LogP contribution >= 0.6 is 0 Å². The van der Waals surface area contributed by atoms with Gasteiger partial charge in [-0.1, -0.05) is 5.16 Å². The van der Waals surface area contributed by atoms with E-state index in [4.69, 9.17) is 9.26 Å². The van der Waals surface area contributed by atoms with E-state index in [0.717, 1.165) is 30.6 Å². The number of amides is 2. The van der Waals surface area contributed by atoms with Crippen LogP contribution in [-0.2, 0) is 22.4 Å². The fourth-order valence-electron chi connectivity index (χ4n) is 3.63. The highest BCUT2D eigenvalue weighted by Gasteiger charge is 2.31. The molecular weight excluding hydrogens is 322 g/mol. The van der Waals surface area contributed by atoms with Gasteiger partial charge < -0.3 is 19.9 Å². The molecule has 7 heteroatoms. The van der Waals surface area contributed by atoms with Gasteiger partial charge in [0.05, 0.1) is 0 Å². The highest BCUT2D eigenvalue weighted by molar-refractivity contribution is 5.94. The molecule has 2 amide bonds. The van der Waals surface area contributed by atoms with Crippen LogP contribution in [0.15, 0.2) is 4.52 Å². The Morgan fingerprint density at radius 2 is 1.92 bits per heavy atom. The van der Waals surface area contributed by atoms with E-state index >= 15 is 0 Å². The van der Waals surface area contributed by atoms with Gasteiger partial charge in [-0.05, 0) is 44.4 Å². The molecule has 1 saturated carbocycles. The van der Waals surface area contributed by atoms with E-state index in [1.165, 1.54) is 12.8 Å². The molecule has 1 aromatic heterocycles. The molecule has 2 aliphatic carbocycles. The monoisotopic (exact) mass is 347 g/mol. The molecule has 0 bridgehead atoms. The van der Waals surface area contributed by atoms with Crippen molar-refractivity contribution in [2.75, 3.05) is 19.8 Å². The van der Waals surface area contributed by atoms with Gasteiger partial charge in [0, 0.05) is 43.7 Å². The molecule has 2 heterocycles. The zero-order valence-electron chi connectivity index (χ0n) is 14.4. The molecular formula is C18H25N3O4. The molecule has 1 saturated heterocycles. The first-order chi connectivity index (χ1) is 12.2. The van der Waals surface area contributed by atoms with E-state index in [2.05, 4.69) is 15.8 Å². The summed E-state index contributed by atoms with van der Waals surface area (Å²) in [7, 11) is 0. The van der Waals surface area contributed by atoms with Gasteiger partial charge in [-0.2, -0.15) is 0 Å². The van der Waals surface area contributed by atoms with Crippen molar-refractivity contribution in [2.45, 2.75) is 51.0 Å². The number of nitrogens with one attached hydrogen (secondary N) is 2. The Morgan fingerprint density at radius 1 is 1.12 bits per heavy atom. The number of hydrogen-bond acceptors (Lipinski definition) is 5. The van der Waals surface area contributed by atoms with E-state index in [9.17, 15) is 9.59 Å². The number of carbonyl (C=O) groups excluding carboxylic acids is 2. The molecule has 0 aromatic carbocycles. The second kappa shape index (κ2) is 7.15. The van der Waals surface area contributed by atoms with Crippen LogP contribution in [0.1, 0.15) is 53.9 Å². The lowest BCUT2D eigenvalue weighted by Gasteiger charge is -2.27. The Hall–Kier alpha value is -1.89. The Balaban J connectivity index is 1.37. The van der Waals surface area contributed by atoms with Gasteiger partial charge in [0.15, 0.2) is 5.69 Å². The summed E-state index contributed by atoms with van der Waals surface area (Å²) in [4.78, 5) is 24.8. The van der Waals surface area contributed by atoms with Crippen LogP contribution in [0.5, 0.6) is 0 Å². The van der Waals surface area contributed by atoms with Crippen molar-refractivity contribution in [1.29, 1.82) is 0 Å². The summed E-state index contributed by atoms with van der Waals surface area (Å²) < 4.78 is 10.7. The van der Waals surface area contributed by atoms with E-state index in [0.29, 0.717) is 44.2 Å². The molecule has 0 spiro atoms. The van der Waals surface area contributed by atoms with Crippen molar-refractivity contribution in [3.63, 3.8) is 0 Å². The lowest BCUT2D eigenvalue weighted by atomic mass is 9.90. The van der Waals surface area contributed by atoms with Crippen molar-refractivity contribution >= 4 is 11.8 Å². The standard InChI is InChI=1S/C18H25N3O4/c22-17(12-5-7-24-8-6-12)20-13-3-4-15-14(9-13)16(21-25-15)18(23)19-10-11-1-2-11/h11-13H,1-10H2,(H,19,23)(H,20,22). The van der Waals surface area contributed by atoms with Crippen LogP contribution in [0, 0.1) is 11.8 Å². The number of hydrogen-bond donors (Lipinski definition) is 2. The summed E-state index contributed by atoms with van der Waals surface area (Å²) in [5, 5.41) is 10.1. The Labute approximate surface area is 146 Å². The minimum atomic E-state index is -0.159. The van der Waals surface area contributed by atoms with Gasteiger partial charge in [0.1, 0.15) is 5.76 Å². The maximum Gasteiger partial charge on any atom is 0.273 e. The second-order valence-electron chi connectivity index (χ2n) is 7.42. The lowest BCUT2D eigenvalue weighted by Crippen LogP contribution is -2.43. The first-order valence-electron chi connectivity index (χ1n) is 9.34. The van der Waals surface area contributed by atoms with Crippen LogP contribution in [0.25, 0.3) is 0 Å². The van der Waals surface area contributed by atoms with Gasteiger partial charge in [0.2, 0.25) is 5.91 Å². The van der Waals surface area contributed by atoms with Gasteiger partial charge >= 0.3 is 0 Å². The molecule has 1 aromatic rings. The highest BCUT2D eigenvalue weighted by Crippen LogP contribution is 2.28. The molecule has 1 unspecified atom stereocenters. The molecule has 4 rings (SSSR count). The molecule has 1 aliphatic heterocycles. The summed E-state index contributed by atoms with van der Waals surface area (Å²) >= 11 is 0. The van der Waals surface area contributed by atoms with Gasteiger partial charge in [-0.25, -0.2) is 0 Å². The molecule has 25 heavy (non-hydrogen) atoms. The largest absolute Gasteiger partial charge is 0.381 e. The van der Waals surface area contributed by atoms with E-state index in [-0.39, 0.29) is 23.8 Å². The number of fused-ring (bicyclic) bond motifs is 1. The topological polar surface area (TPSA) is 93.5 Å². The zero-order chi connectivity index (χ0) is 17.2. The number of aryl methyl sites for hydroxylation is 1. The summed E-state index contributed by atoms with van der Waals surface area (Å²) in [6.45, 7) is 2.03. The molecule has 0 radical (unpaired) electrons. The minimum absolute atomic E-state index is 0.0391. The van der Waals surface area contributed by atoms with Crippen LogP contribution < -0.4 is 10.6 Å². The third-order valence-electron chi connectivity index (χ3n) is 5.44. The molecule has 3 aliphatic rings. The average molecular weight is 347 g/mol. The normalized spacial score (nSPS) is 23.8. The van der Waals surface area contributed by atoms with Gasteiger partial charge in [0.25, 0.3) is 5.91 Å². The van der Waals surface area contributed by atoms with Crippen molar-refractivity contribution in [3.8, 4) is 0 Å². The molecule has 2 N–H and O–H groups in total. The third-order valence-corrected chi connectivity index (χ3v) is 5.44. The van der Waals surface area contributed by atoms with Crippen molar-refractivity contribution < 1.29 is 18.8 Å². The Bertz CT molecular complexity index is 647. The predicted octanol–water partition coefficient (Wildman–Crippen LogP) is 1.21. The van der Waals surface area contributed by atoms with Crippen molar-refractivity contribution in [2.24, 2.45) is 11.8 Å². The summed E-state index contributed by atoms with van der Waals surface area (Å²) in [5.41, 5.74) is 1.25. The summed E-state index contributed by atoms with van der Waals surface area (Å²) in [5.74, 6) is 1.39. The van der Waals surface area contributed by atoms with Gasteiger partial charge in [-0.15, -0.1) is 0 Å². The Morgan fingerprint density at radius 3 is 2.68 bits per heavy atom. The summed E-state index contributed by atoms with van der Waals surface area (Å²) in [6.07, 6.45) is 6.09. The van der Waals surface area contributed by atoms with Crippen LogP contribution in [0.2, 0.25) is 0 Å². The van der Waals surface area contributed by atoms with Crippen LogP contribution in [0.4, 0.5) is 0 Å². The van der Waals surface area contributed by atoms with Gasteiger partial charge in [-0.3, -0.25) is 9.59 Å². The van der Waals surface area contributed by atoms with Crippen LogP contribution in [0.3, 0.4) is 0 Å². The summed E-state index contributed by atoms with van der Waals surface area (Å²) in [6, 6.07) is 0.0391. The Kier molecular flexibility index (Phi) is 4.74. The quantitative estimate of drug-likeness (QED) is 0.835. The van der Waals surface area contributed by atoms with Crippen molar-refractivity contribution in [1.82, 2.24) is 15.8 Å². The highest BCUT2D eigenvalue weighted by atomic mass is 16.5. The number of carbonyl (C=O) groups is 2. The zero-order valence-corrected chi connectivity index (χ0v) is 14.4. The number of ether oxygens (including phenoxy) is 1.